The molecule has 0 aliphatic rings. The number of carbonyl (C=O) groups excluding carboxylic acids is 2. The summed E-state index contributed by atoms with van der Waals surface area (Å²) in [5.41, 5.74) is 0.355. The highest BCUT2D eigenvalue weighted by Gasteiger charge is 2.23. The molecule has 0 aliphatic carbocycles. The first kappa shape index (κ1) is 17.5. The highest BCUT2D eigenvalue weighted by Crippen LogP contribution is 2.35. The van der Waals surface area contributed by atoms with Crippen molar-refractivity contribution in [1.29, 1.82) is 0 Å². The topological polar surface area (TPSA) is 78.9 Å². The molecular weight excluding hydrogens is 336 g/mol. The van der Waals surface area contributed by atoms with Crippen LogP contribution in [0.3, 0.4) is 0 Å². The molecule has 2 aromatic heterocycles. The minimum absolute atomic E-state index is 0.107. The number of hydrogen-bond donors (Lipinski definition) is 0. The molecular formula is C20H18O6. The molecule has 1 aromatic carbocycles. The van der Waals surface area contributed by atoms with Gasteiger partial charge in [0.05, 0.1) is 12.5 Å². The van der Waals surface area contributed by atoms with E-state index < -0.39 is 11.9 Å². The summed E-state index contributed by atoms with van der Waals surface area (Å²) in [5, 5.41) is 0. The molecule has 2 heterocycles. The van der Waals surface area contributed by atoms with E-state index in [1.54, 1.807) is 30.3 Å². The highest BCUT2D eigenvalue weighted by atomic mass is 16.6. The van der Waals surface area contributed by atoms with Crippen LogP contribution >= 0.6 is 0 Å². The standard InChI is InChI=1S/C20H18O6/c1-20(2,3)14-12-13(25-18(21)16-6-4-10-23-16)8-9-15(14)26-19(22)17-7-5-11-24-17/h4-12H,1-3H3. The van der Waals surface area contributed by atoms with Crippen molar-refractivity contribution in [1.82, 2.24) is 0 Å². The molecule has 0 atom stereocenters. The summed E-state index contributed by atoms with van der Waals surface area (Å²) in [5.74, 6) is -0.282. The molecule has 0 bridgehead atoms. The number of furan rings is 2. The second kappa shape index (κ2) is 6.92. The largest absolute Gasteiger partial charge is 0.457 e. The number of esters is 2. The highest BCUT2D eigenvalue weighted by molar-refractivity contribution is 5.89. The molecule has 0 saturated carbocycles. The molecule has 0 aliphatic heterocycles. The summed E-state index contributed by atoms with van der Waals surface area (Å²) >= 11 is 0. The van der Waals surface area contributed by atoms with Gasteiger partial charge in [0.1, 0.15) is 11.5 Å². The van der Waals surface area contributed by atoms with E-state index in [0.717, 1.165) is 0 Å². The van der Waals surface area contributed by atoms with Crippen LogP contribution in [-0.2, 0) is 5.41 Å². The summed E-state index contributed by atoms with van der Waals surface area (Å²) in [7, 11) is 0. The van der Waals surface area contributed by atoms with Crippen molar-refractivity contribution in [2.75, 3.05) is 0 Å². The maximum Gasteiger partial charge on any atom is 0.379 e. The van der Waals surface area contributed by atoms with Gasteiger partial charge in [-0.15, -0.1) is 0 Å². The lowest BCUT2D eigenvalue weighted by Crippen LogP contribution is -2.17. The van der Waals surface area contributed by atoms with Crippen molar-refractivity contribution in [3.63, 3.8) is 0 Å². The summed E-state index contributed by atoms with van der Waals surface area (Å²) in [6.07, 6.45) is 2.80. The van der Waals surface area contributed by atoms with Gasteiger partial charge in [-0.2, -0.15) is 0 Å². The van der Waals surface area contributed by atoms with E-state index in [4.69, 9.17) is 18.3 Å². The van der Waals surface area contributed by atoms with Crippen LogP contribution in [0.1, 0.15) is 47.4 Å². The van der Waals surface area contributed by atoms with Crippen LogP contribution in [0.4, 0.5) is 0 Å². The van der Waals surface area contributed by atoms with Gasteiger partial charge in [0.25, 0.3) is 0 Å². The monoisotopic (exact) mass is 354 g/mol. The third kappa shape index (κ3) is 3.85. The zero-order valence-electron chi connectivity index (χ0n) is 14.6. The normalized spacial score (nSPS) is 11.2. The maximum absolute atomic E-state index is 12.2. The Kier molecular flexibility index (Phi) is 4.67. The Morgan fingerprint density at radius 3 is 1.92 bits per heavy atom. The second-order valence-corrected chi connectivity index (χ2v) is 6.64. The van der Waals surface area contributed by atoms with Crippen molar-refractivity contribution in [3.05, 3.63) is 72.1 Å². The quantitative estimate of drug-likeness (QED) is 0.503. The van der Waals surface area contributed by atoms with Crippen LogP contribution < -0.4 is 9.47 Å². The number of carbonyl (C=O) groups is 2. The summed E-state index contributed by atoms with van der Waals surface area (Å²) in [6.45, 7) is 5.89. The van der Waals surface area contributed by atoms with E-state index in [2.05, 4.69) is 0 Å². The third-order valence-corrected chi connectivity index (χ3v) is 3.62. The van der Waals surface area contributed by atoms with Gasteiger partial charge < -0.3 is 18.3 Å². The summed E-state index contributed by atoms with van der Waals surface area (Å²) in [6, 6.07) is 11.1. The number of hydrogen-bond acceptors (Lipinski definition) is 6. The number of ether oxygens (including phenoxy) is 2. The average molecular weight is 354 g/mol. The molecule has 0 fully saturated rings. The van der Waals surface area contributed by atoms with Gasteiger partial charge in [0.15, 0.2) is 0 Å². The van der Waals surface area contributed by atoms with E-state index >= 15 is 0 Å². The van der Waals surface area contributed by atoms with Crippen LogP contribution in [-0.4, -0.2) is 11.9 Å². The molecule has 3 aromatic rings. The van der Waals surface area contributed by atoms with Crippen molar-refractivity contribution < 1.29 is 27.9 Å². The van der Waals surface area contributed by atoms with Crippen LogP contribution in [0, 0.1) is 0 Å². The van der Waals surface area contributed by atoms with Crippen LogP contribution in [0.2, 0.25) is 0 Å². The van der Waals surface area contributed by atoms with Crippen molar-refractivity contribution in [3.8, 4) is 11.5 Å². The second-order valence-electron chi connectivity index (χ2n) is 6.64. The molecule has 0 unspecified atom stereocenters. The predicted octanol–water partition coefficient (Wildman–Crippen LogP) is 4.61. The van der Waals surface area contributed by atoms with Crippen molar-refractivity contribution >= 4 is 11.9 Å². The van der Waals surface area contributed by atoms with Crippen LogP contribution in [0.25, 0.3) is 0 Å². The summed E-state index contributed by atoms with van der Waals surface area (Å²) < 4.78 is 20.9. The minimum Gasteiger partial charge on any atom is -0.457 e. The molecule has 6 nitrogen and oxygen atoms in total. The molecule has 3 rings (SSSR count). The Morgan fingerprint density at radius 1 is 0.846 bits per heavy atom. The van der Waals surface area contributed by atoms with Gasteiger partial charge in [-0.3, -0.25) is 0 Å². The van der Waals surface area contributed by atoms with E-state index in [-0.39, 0.29) is 16.9 Å². The van der Waals surface area contributed by atoms with Crippen molar-refractivity contribution in [2.45, 2.75) is 26.2 Å². The Morgan fingerprint density at radius 2 is 1.42 bits per heavy atom. The maximum atomic E-state index is 12.2. The van der Waals surface area contributed by atoms with Gasteiger partial charge in [-0.05, 0) is 47.9 Å². The molecule has 134 valence electrons. The molecule has 0 spiro atoms. The Bertz CT molecular complexity index is 898. The zero-order chi connectivity index (χ0) is 18.7. The Balaban J connectivity index is 1.86. The first-order valence-corrected chi connectivity index (χ1v) is 8.00. The van der Waals surface area contributed by atoms with Gasteiger partial charge in [0.2, 0.25) is 11.5 Å². The number of benzene rings is 1. The predicted molar refractivity (Wildman–Crippen MR) is 92.5 cm³/mol. The number of rotatable bonds is 4. The zero-order valence-corrected chi connectivity index (χ0v) is 14.6. The van der Waals surface area contributed by atoms with E-state index in [9.17, 15) is 9.59 Å². The fourth-order valence-electron chi connectivity index (χ4n) is 2.34. The molecule has 0 radical (unpaired) electrons. The Hall–Kier alpha value is -3.28. The average Bonchev–Trinajstić information content (AvgIpc) is 3.29. The van der Waals surface area contributed by atoms with Gasteiger partial charge in [-0.1, -0.05) is 20.8 Å². The lowest BCUT2D eigenvalue weighted by molar-refractivity contribution is 0.0684. The Labute approximate surface area is 150 Å². The first-order valence-electron chi connectivity index (χ1n) is 8.00. The lowest BCUT2D eigenvalue weighted by atomic mass is 9.86. The van der Waals surface area contributed by atoms with E-state index in [0.29, 0.717) is 17.1 Å². The third-order valence-electron chi connectivity index (χ3n) is 3.62. The van der Waals surface area contributed by atoms with Gasteiger partial charge in [0, 0.05) is 5.56 Å². The minimum atomic E-state index is -0.602. The fourth-order valence-corrected chi connectivity index (χ4v) is 2.34. The molecule has 0 N–H and O–H groups in total. The first-order chi connectivity index (χ1) is 12.3. The molecule has 0 amide bonds. The molecule has 26 heavy (non-hydrogen) atoms. The van der Waals surface area contributed by atoms with Crippen LogP contribution in [0.15, 0.2) is 63.8 Å². The SMILES string of the molecule is CC(C)(C)c1cc(OC(=O)c2ccco2)ccc1OC(=O)c1ccco1. The lowest BCUT2D eigenvalue weighted by Gasteiger charge is -2.22. The molecule has 6 heteroatoms. The summed E-state index contributed by atoms with van der Waals surface area (Å²) in [4.78, 5) is 24.2. The van der Waals surface area contributed by atoms with Gasteiger partial charge in [-0.25, -0.2) is 9.59 Å². The van der Waals surface area contributed by atoms with E-state index in [1.165, 1.54) is 24.7 Å². The van der Waals surface area contributed by atoms with Crippen molar-refractivity contribution in [2.24, 2.45) is 0 Å². The fraction of sp³-hybridized carbons (Fsp3) is 0.200. The van der Waals surface area contributed by atoms with Crippen LogP contribution in [0.5, 0.6) is 11.5 Å². The van der Waals surface area contributed by atoms with E-state index in [1.807, 2.05) is 20.8 Å². The van der Waals surface area contributed by atoms with Gasteiger partial charge >= 0.3 is 11.9 Å². The molecule has 0 saturated heterocycles. The smallest absolute Gasteiger partial charge is 0.379 e.